The molecule has 3 rings (SSSR count). The first-order valence-electron chi connectivity index (χ1n) is 14.7. The predicted octanol–water partition coefficient (Wildman–Crippen LogP) is 7.46. The molecule has 0 N–H and O–H groups in total. The molecule has 3 aromatic rings. The predicted molar refractivity (Wildman–Crippen MR) is 175 cm³/mol. The molecule has 0 saturated heterocycles. The lowest BCUT2D eigenvalue weighted by Gasteiger charge is -2.51. The second kappa shape index (κ2) is 14.0. The van der Waals surface area contributed by atoms with E-state index in [1.807, 2.05) is 12.1 Å². The molecule has 0 aliphatic carbocycles. The summed E-state index contributed by atoms with van der Waals surface area (Å²) in [4.78, 5) is 0. The van der Waals surface area contributed by atoms with Gasteiger partial charge in [0.25, 0.3) is 0 Å². The lowest BCUT2D eigenvalue weighted by Crippen LogP contribution is -2.58. The summed E-state index contributed by atoms with van der Waals surface area (Å²) in [5, 5.41) is 0. The topological polar surface area (TPSA) is 36.9 Å². The van der Waals surface area contributed by atoms with Crippen LogP contribution >= 0.6 is 0 Å². The van der Waals surface area contributed by atoms with Gasteiger partial charge in [-0.1, -0.05) is 109 Å². The first-order chi connectivity index (χ1) is 19.0. The number of hydrogen-bond donors (Lipinski definition) is 0. The van der Waals surface area contributed by atoms with E-state index in [0.717, 1.165) is 23.5 Å². The van der Waals surface area contributed by atoms with Gasteiger partial charge in [-0.3, -0.25) is 0 Å². The zero-order valence-corrected chi connectivity index (χ0v) is 30.2. The minimum atomic E-state index is -1.11. The van der Waals surface area contributed by atoms with Crippen LogP contribution in [0.3, 0.4) is 0 Å². The van der Waals surface area contributed by atoms with E-state index in [-0.39, 0.29) is 16.9 Å². The molecule has 0 bridgehead atoms. The van der Waals surface area contributed by atoms with E-state index >= 15 is 0 Å². The van der Waals surface area contributed by atoms with Crippen LogP contribution in [0.15, 0.2) is 72.8 Å². The molecule has 0 aliphatic heterocycles. The Kier molecular flexibility index (Phi) is 11.2. The quantitative estimate of drug-likeness (QED) is 0.113. The van der Waals surface area contributed by atoms with Gasteiger partial charge < -0.3 is 18.3 Å². The largest absolute Gasteiger partial charge is 0.491 e. The van der Waals surface area contributed by atoms with Gasteiger partial charge >= 0.3 is 5.97 Å². The molecule has 0 heterocycles. The van der Waals surface area contributed by atoms with Crippen molar-refractivity contribution in [1.82, 2.24) is 0 Å². The SMILES string of the molecule is CCCCCCC(C)Oc1ccc(-c2ccccc2-c2ccc(OC(O[SiH3])(O[SiH3])C(C)(C)C(C)(C)C)cc2)cc1. The maximum atomic E-state index is 6.49. The molecule has 40 heavy (non-hydrogen) atoms. The molecule has 0 amide bonds. The van der Waals surface area contributed by atoms with Crippen molar-refractivity contribution in [2.75, 3.05) is 0 Å². The second-order valence-corrected chi connectivity index (χ2v) is 13.1. The Labute approximate surface area is 248 Å². The fourth-order valence-corrected chi connectivity index (χ4v) is 6.82. The highest BCUT2D eigenvalue weighted by Gasteiger charge is 2.55. The van der Waals surface area contributed by atoms with E-state index in [4.69, 9.17) is 18.3 Å². The first kappa shape index (κ1) is 32.1. The van der Waals surface area contributed by atoms with E-state index in [0.29, 0.717) is 21.0 Å². The van der Waals surface area contributed by atoms with Crippen molar-refractivity contribution in [2.45, 2.75) is 92.6 Å². The number of hydrogen-bond acceptors (Lipinski definition) is 4. The van der Waals surface area contributed by atoms with Crippen LogP contribution in [-0.2, 0) is 8.85 Å². The molecule has 218 valence electrons. The Balaban J connectivity index is 1.79. The summed E-state index contributed by atoms with van der Waals surface area (Å²) in [7, 11) is 1.01. The van der Waals surface area contributed by atoms with E-state index < -0.39 is 5.97 Å². The van der Waals surface area contributed by atoms with Gasteiger partial charge in [0.1, 0.15) is 11.5 Å². The average Bonchev–Trinajstić information content (AvgIpc) is 2.94. The Bertz CT molecular complexity index is 1180. The van der Waals surface area contributed by atoms with E-state index in [1.54, 1.807) is 0 Å². The third-order valence-electron chi connectivity index (χ3n) is 8.49. The van der Waals surface area contributed by atoms with Crippen LogP contribution in [0.2, 0.25) is 0 Å². The minimum absolute atomic E-state index is 0.0893. The second-order valence-electron chi connectivity index (χ2n) is 12.3. The van der Waals surface area contributed by atoms with Crippen LogP contribution < -0.4 is 9.47 Å². The normalized spacial score (nSPS) is 14.6. The Morgan fingerprint density at radius 1 is 0.675 bits per heavy atom. The Morgan fingerprint density at radius 3 is 1.62 bits per heavy atom. The van der Waals surface area contributed by atoms with Crippen LogP contribution in [0.4, 0.5) is 0 Å². The molecule has 0 fully saturated rings. The molecule has 1 atom stereocenters. The van der Waals surface area contributed by atoms with Crippen molar-refractivity contribution >= 4 is 21.0 Å². The maximum Gasteiger partial charge on any atom is 0.312 e. The van der Waals surface area contributed by atoms with Gasteiger partial charge in [0.15, 0.2) is 21.0 Å². The summed E-state index contributed by atoms with van der Waals surface area (Å²) in [5.41, 5.74) is 4.18. The lowest BCUT2D eigenvalue weighted by molar-refractivity contribution is -0.333. The van der Waals surface area contributed by atoms with Gasteiger partial charge in [-0.2, -0.15) is 0 Å². The zero-order chi connectivity index (χ0) is 29.4. The van der Waals surface area contributed by atoms with Crippen molar-refractivity contribution in [1.29, 1.82) is 0 Å². The first-order valence-corrected chi connectivity index (χ1v) is 16.4. The van der Waals surface area contributed by atoms with Crippen LogP contribution in [0.25, 0.3) is 22.3 Å². The van der Waals surface area contributed by atoms with Crippen molar-refractivity contribution in [3.8, 4) is 33.8 Å². The van der Waals surface area contributed by atoms with Gasteiger partial charge in [-0.25, -0.2) is 0 Å². The summed E-state index contributed by atoms with van der Waals surface area (Å²) < 4.78 is 24.8. The lowest BCUT2D eigenvalue weighted by atomic mass is 9.67. The van der Waals surface area contributed by atoms with Crippen molar-refractivity contribution in [3.63, 3.8) is 0 Å². The zero-order valence-electron chi connectivity index (χ0n) is 26.2. The summed E-state index contributed by atoms with van der Waals surface area (Å²) in [6, 6.07) is 25.3. The number of ether oxygens (including phenoxy) is 2. The minimum Gasteiger partial charge on any atom is -0.491 e. The molecule has 0 aromatic heterocycles. The van der Waals surface area contributed by atoms with Gasteiger partial charge in [0.05, 0.1) is 11.5 Å². The summed E-state index contributed by atoms with van der Waals surface area (Å²) in [6.45, 7) is 15.3. The summed E-state index contributed by atoms with van der Waals surface area (Å²) >= 11 is 0. The highest BCUT2D eigenvalue weighted by molar-refractivity contribution is 6.00. The molecular weight excluding hydrogens is 529 g/mol. The Hall–Kier alpha value is -2.39. The number of rotatable bonds is 14. The summed E-state index contributed by atoms with van der Waals surface area (Å²) in [6.07, 6.45) is 6.39. The van der Waals surface area contributed by atoms with E-state index in [1.165, 1.54) is 42.4 Å². The standard InChI is InChI=1S/C34H50O4Si2/c1-8-9-10-11-14-25(2)35-28-21-17-26(18-22-28)30-15-12-13-16-31(30)27-19-23-29(24-20-27)36-34(37-39,38-40)33(6,7)32(3,4)5/h12-13,15-25H,8-11,14H2,1-7,39-40H3. The molecule has 0 saturated carbocycles. The number of unbranched alkanes of at least 4 members (excludes halogenated alkanes) is 3. The fourth-order valence-electron chi connectivity index (χ4n) is 4.97. The van der Waals surface area contributed by atoms with E-state index in [9.17, 15) is 0 Å². The molecular formula is C34H50O4Si2. The third-order valence-corrected chi connectivity index (χ3v) is 9.56. The smallest absolute Gasteiger partial charge is 0.312 e. The van der Waals surface area contributed by atoms with Crippen molar-refractivity contribution in [2.24, 2.45) is 10.8 Å². The molecule has 0 spiro atoms. The number of benzene rings is 3. The monoisotopic (exact) mass is 578 g/mol. The van der Waals surface area contributed by atoms with Gasteiger partial charge in [0.2, 0.25) is 0 Å². The molecule has 1 unspecified atom stereocenters. The highest BCUT2D eigenvalue weighted by atomic mass is 28.2. The molecule has 0 aliphatic rings. The van der Waals surface area contributed by atoms with Crippen LogP contribution in [0, 0.1) is 10.8 Å². The van der Waals surface area contributed by atoms with Gasteiger partial charge in [-0.15, -0.1) is 0 Å². The van der Waals surface area contributed by atoms with Crippen molar-refractivity contribution in [3.05, 3.63) is 72.8 Å². The van der Waals surface area contributed by atoms with Crippen molar-refractivity contribution < 1.29 is 18.3 Å². The molecule has 4 nitrogen and oxygen atoms in total. The fraction of sp³-hybridized carbons (Fsp3) is 0.471. The molecule has 3 aromatic carbocycles. The van der Waals surface area contributed by atoms with Crippen LogP contribution in [0.5, 0.6) is 11.5 Å². The van der Waals surface area contributed by atoms with E-state index in [2.05, 4.69) is 109 Å². The highest BCUT2D eigenvalue weighted by Crippen LogP contribution is 2.49. The van der Waals surface area contributed by atoms with Crippen LogP contribution in [-0.4, -0.2) is 33.0 Å². The Morgan fingerprint density at radius 2 is 1.18 bits per heavy atom. The third kappa shape index (κ3) is 7.46. The average molecular weight is 579 g/mol. The van der Waals surface area contributed by atoms with Gasteiger partial charge in [-0.05, 0) is 71.7 Å². The summed E-state index contributed by atoms with van der Waals surface area (Å²) in [5.74, 6) is 0.547. The van der Waals surface area contributed by atoms with Crippen LogP contribution in [0.1, 0.15) is 80.6 Å². The maximum absolute atomic E-state index is 6.49. The molecule has 0 radical (unpaired) electrons. The van der Waals surface area contributed by atoms with Gasteiger partial charge in [0, 0.05) is 0 Å². The molecule has 6 heteroatoms.